The summed E-state index contributed by atoms with van der Waals surface area (Å²) < 4.78 is 5.82. The molecule has 3 nitrogen and oxygen atoms in total. The van der Waals surface area contributed by atoms with E-state index >= 15 is 0 Å². The van der Waals surface area contributed by atoms with Crippen LogP contribution in [-0.4, -0.2) is 24.0 Å². The third-order valence-corrected chi connectivity index (χ3v) is 3.08. The van der Waals surface area contributed by atoms with Crippen molar-refractivity contribution in [2.75, 3.05) is 13.6 Å². The van der Waals surface area contributed by atoms with E-state index in [0.29, 0.717) is 0 Å². The van der Waals surface area contributed by atoms with Crippen molar-refractivity contribution in [2.24, 2.45) is 0 Å². The molecule has 0 spiro atoms. The van der Waals surface area contributed by atoms with Gasteiger partial charge in [0, 0.05) is 24.2 Å². The molecule has 0 bridgehead atoms. The van der Waals surface area contributed by atoms with Crippen molar-refractivity contribution in [3.63, 3.8) is 0 Å². The monoisotopic (exact) mass is 250 g/mol. The van der Waals surface area contributed by atoms with Gasteiger partial charge in [0.1, 0.15) is 11.5 Å². The summed E-state index contributed by atoms with van der Waals surface area (Å²) in [6.07, 6.45) is 1.94. The Labute approximate surface area is 111 Å². The lowest BCUT2D eigenvalue weighted by atomic mass is 10.1. The summed E-state index contributed by atoms with van der Waals surface area (Å²) in [6, 6.07) is 2.15. The fourth-order valence-electron chi connectivity index (χ4n) is 1.95. The van der Waals surface area contributed by atoms with Crippen molar-refractivity contribution >= 4 is 0 Å². The summed E-state index contributed by atoms with van der Waals surface area (Å²) in [6.45, 7) is 15.0. The summed E-state index contributed by atoms with van der Waals surface area (Å²) in [5, 5.41) is 3.16. The Kier molecular flexibility index (Phi) is 5.17. The van der Waals surface area contributed by atoms with Crippen molar-refractivity contribution in [2.45, 2.75) is 46.3 Å². The molecule has 18 heavy (non-hydrogen) atoms. The molecule has 1 heterocycles. The Bertz CT molecular complexity index is 388. The minimum Gasteiger partial charge on any atom is -0.465 e. The number of hydrogen-bond acceptors (Lipinski definition) is 3. The molecule has 1 aromatic heterocycles. The van der Waals surface area contributed by atoms with Gasteiger partial charge in [0.2, 0.25) is 0 Å². The standard InChI is InChI=1S/C15H26N2O/c1-7-8-17(15(3,4)5)11-14-9-13(10-16-6)12(2)18-14/h7,9,16H,1,8,10-11H2,2-6H3. The number of rotatable bonds is 6. The normalized spacial score (nSPS) is 12.1. The molecule has 0 atom stereocenters. The van der Waals surface area contributed by atoms with Crippen LogP contribution in [-0.2, 0) is 13.1 Å². The third kappa shape index (κ3) is 4.00. The summed E-state index contributed by atoms with van der Waals surface area (Å²) >= 11 is 0. The quantitative estimate of drug-likeness (QED) is 0.786. The second kappa shape index (κ2) is 6.21. The van der Waals surface area contributed by atoms with Gasteiger partial charge in [-0.1, -0.05) is 6.08 Å². The largest absolute Gasteiger partial charge is 0.465 e. The number of nitrogens with one attached hydrogen (secondary N) is 1. The van der Waals surface area contributed by atoms with E-state index in [-0.39, 0.29) is 5.54 Å². The molecule has 0 aliphatic carbocycles. The van der Waals surface area contributed by atoms with E-state index in [1.165, 1.54) is 5.56 Å². The number of furan rings is 1. The van der Waals surface area contributed by atoms with E-state index in [4.69, 9.17) is 4.42 Å². The van der Waals surface area contributed by atoms with Gasteiger partial charge in [-0.15, -0.1) is 6.58 Å². The summed E-state index contributed by atoms with van der Waals surface area (Å²) in [7, 11) is 1.95. The summed E-state index contributed by atoms with van der Waals surface area (Å²) in [5.74, 6) is 2.03. The van der Waals surface area contributed by atoms with Gasteiger partial charge in [-0.2, -0.15) is 0 Å². The highest BCUT2D eigenvalue weighted by atomic mass is 16.3. The highest BCUT2D eigenvalue weighted by molar-refractivity contribution is 5.20. The van der Waals surface area contributed by atoms with Gasteiger partial charge in [-0.05, 0) is 40.8 Å². The molecule has 3 heteroatoms. The van der Waals surface area contributed by atoms with Gasteiger partial charge < -0.3 is 9.73 Å². The smallest absolute Gasteiger partial charge is 0.118 e. The Morgan fingerprint density at radius 1 is 1.44 bits per heavy atom. The summed E-state index contributed by atoms with van der Waals surface area (Å²) in [4.78, 5) is 2.35. The first-order valence-corrected chi connectivity index (χ1v) is 6.47. The van der Waals surface area contributed by atoms with E-state index in [9.17, 15) is 0 Å². The average Bonchev–Trinajstić information content (AvgIpc) is 2.58. The molecule has 0 aliphatic rings. The molecule has 0 aliphatic heterocycles. The molecule has 0 saturated carbocycles. The molecular formula is C15H26N2O. The van der Waals surface area contributed by atoms with Gasteiger partial charge in [0.05, 0.1) is 6.54 Å². The van der Waals surface area contributed by atoms with Crippen molar-refractivity contribution in [1.29, 1.82) is 0 Å². The fourth-order valence-corrected chi connectivity index (χ4v) is 1.95. The highest BCUT2D eigenvalue weighted by Gasteiger charge is 2.21. The van der Waals surface area contributed by atoms with Gasteiger partial charge in [-0.25, -0.2) is 0 Å². The highest BCUT2D eigenvalue weighted by Crippen LogP contribution is 2.21. The Hall–Kier alpha value is -1.06. The first kappa shape index (κ1) is 15.0. The SMILES string of the molecule is C=CCN(Cc1cc(CNC)c(C)o1)C(C)(C)C. The molecule has 1 N–H and O–H groups in total. The van der Waals surface area contributed by atoms with Crippen LogP contribution in [0.1, 0.15) is 37.9 Å². The van der Waals surface area contributed by atoms with E-state index in [1.807, 2.05) is 20.0 Å². The van der Waals surface area contributed by atoms with Crippen LogP contribution in [0.4, 0.5) is 0 Å². The third-order valence-electron chi connectivity index (χ3n) is 3.08. The van der Waals surface area contributed by atoms with E-state index < -0.39 is 0 Å². The molecule has 0 saturated heterocycles. The molecule has 0 amide bonds. The Morgan fingerprint density at radius 2 is 2.11 bits per heavy atom. The zero-order chi connectivity index (χ0) is 13.8. The van der Waals surface area contributed by atoms with Crippen LogP contribution in [0.25, 0.3) is 0 Å². The topological polar surface area (TPSA) is 28.4 Å². The van der Waals surface area contributed by atoms with Crippen LogP contribution in [0.2, 0.25) is 0 Å². The maximum absolute atomic E-state index is 5.82. The van der Waals surface area contributed by atoms with E-state index in [2.05, 4.69) is 43.6 Å². The molecule has 1 rings (SSSR count). The molecule has 1 aromatic rings. The predicted octanol–water partition coefficient (Wildman–Crippen LogP) is 3.09. The van der Waals surface area contributed by atoms with Crippen molar-refractivity contribution in [3.8, 4) is 0 Å². The van der Waals surface area contributed by atoms with Crippen molar-refractivity contribution in [3.05, 3.63) is 35.8 Å². The first-order valence-electron chi connectivity index (χ1n) is 6.47. The second-order valence-electron chi connectivity index (χ2n) is 5.66. The number of hydrogen-bond donors (Lipinski definition) is 1. The second-order valence-corrected chi connectivity index (χ2v) is 5.66. The van der Waals surface area contributed by atoms with Crippen LogP contribution < -0.4 is 5.32 Å². The maximum atomic E-state index is 5.82. The van der Waals surface area contributed by atoms with Gasteiger partial charge in [0.25, 0.3) is 0 Å². The molecular weight excluding hydrogens is 224 g/mol. The summed E-state index contributed by atoms with van der Waals surface area (Å²) in [5.41, 5.74) is 1.35. The number of nitrogens with zero attached hydrogens (tertiary/aromatic N) is 1. The fraction of sp³-hybridized carbons (Fsp3) is 0.600. The minimum atomic E-state index is 0.109. The molecule has 0 fully saturated rings. The van der Waals surface area contributed by atoms with E-state index in [1.54, 1.807) is 0 Å². The van der Waals surface area contributed by atoms with Gasteiger partial charge in [0.15, 0.2) is 0 Å². The Balaban J connectivity index is 2.81. The van der Waals surface area contributed by atoms with Crippen LogP contribution >= 0.6 is 0 Å². The maximum Gasteiger partial charge on any atom is 0.118 e. The van der Waals surface area contributed by atoms with E-state index in [0.717, 1.165) is 31.2 Å². The zero-order valence-electron chi connectivity index (χ0n) is 12.3. The van der Waals surface area contributed by atoms with Crippen LogP contribution in [0.15, 0.2) is 23.1 Å². The zero-order valence-corrected chi connectivity index (χ0v) is 12.3. The van der Waals surface area contributed by atoms with Gasteiger partial charge >= 0.3 is 0 Å². The van der Waals surface area contributed by atoms with Crippen molar-refractivity contribution < 1.29 is 4.42 Å². The lowest BCUT2D eigenvalue weighted by Crippen LogP contribution is -2.40. The first-order chi connectivity index (χ1) is 8.38. The lowest BCUT2D eigenvalue weighted by Gasteiger charge is -2.34. The van der Waals surface area contributed by atoms with Crippen LogP contribution in [0, 0.1) is 6.92 Å². The van der Waals surface area contributed by atoms with Gasteiger partial charge in [-0.3, -0.25) is 4.90 Å². The van der Waals surface area contributed by atoms with Crippen LogP contribution in [0.3, 0.4) is 0 Å². The van der Waals surface area contributed by atoms with Crippen LogP contribution in [0.5, 0.6) is 0 Å². The Morgan fingerprint density at radius 3 is 2.61 bits per heavy atom. The molecule has 0 unspecified atom stereocenters. The molecule has 0 aromatic carbocycles. The lowest BCUT2D eigenvalue weighted by molar-refractivity contribution is 0.134. The average molecular weight is 250 g/mol. The van der Waals surface area contributed by atoms with Crippen molar-refractivity contribution in [1.82, 2.24) is 10.2 Å². The molecule has 102 valence electrons. The number of aryl methyl sites for hydroxylation is 1. The minimum absolute atomic E-state index is 0.109. The predicted molar refractivity (Wildman–Crippen MR) is 76.6 cm³/mol. The molecule has 0 radical (unpaired) electrons.